The topological polar surface area (TPSA) is 98.1 Å². The summed E-state index contributed by atoms with van der Waals surface area (Å²) >= 11 is 12.0. The molecule has 0 saturated carbocycles. The van der Waals surface area contributed by atoms with Gasteiger partial charge in [0, 0.05) is 31.5 Å². The summed E-state index contributed by atoms with van der Waals surface area (Å²) in [5, 5.41) is 6.82. The highest BCUT2D eigenvalue weighted by molar-refractivity contribution is 6.42. The Kier molecular flexibility index (Phi) is 9.09. The van der Waals surface area contributed by atoms with Crippen molar-refractivity contribution in [2.24, 2.45) is 0 Å². The van der Waals surface area contributed by atoms with Crippen LogP contribution in [0.15, 0.2) is 53.6 Å². The molecule has 0 bridgehead atoms. The minimum absolute atomic E-state index is 0.106. The second-order valence-corrected chi connectivity index (χ2v) is 8.08. The van der Waals surface area contributed by atoms with E-state index in [0.29, 0.717) is 41.5 Å². The Hall–Kier alpha value is -3.10. The lowest BCUT2D eigenvalue weighted by molar-refractivity contribution is 0.0951. The van der Waals surface area contributed by atoms with Crippen LogP contribution >= 0.6 is 23.2 Å². The zero-order valence-electron chi connectivity index (χ0n) is 18.2. The van der Waals surface area contributed by atoms with Crippen molar-refractivity contribution < 1.29 is 9.53 Å². The number of aromatic nitrogens is 3. The highest BCUT2D eigenvalue weighted by Gasteiger charge is 2.12. The molecule has 0 unspecified atom stereocenters. The van der Waals surface area contributed by atoms with Crippen molar-refractivity contribution in [3.05, 3.63) is 80.3 Å². The van der Waals surface area contributed by atoms with Crippen LogP contribution in [0.25, 0.3) is 0 Å². The molecule has 0 atom stereocenters. The number of nitrogens with one attached hydrogen (secondary N) is 2. The fourth-order valence-corrected chi connectivity index (χ4v) is 3.45. The summed E-state index contributed by atoms with van der Waals surface area (Å²) in [6.07, 6.45) is 5.84. The van der Waals surface area contributed by atoms with Crippen LogP contribution in [0.2, 0.25) is 10.0 Å². The van der Waals surface area contributed by atoms with Crippen molar-refractivity contribution >= 4 is 35.1 Å². The third kappa shape index (κ3) is 7.20. The third-order valence-electron chi connectivity index (χ3n) is 4.86. The number of unbranched alkanes of at least 4 members (excludes halogenated alkanes) is 2. The summed E-state index contributed by atoms with van der Waals surface area (Å²) in [6.45, 7) is 1.48. The molecule has 0 aliphatic carbocycles. The standard InChI is InChI=1S/C23H25Cl2N5O3/c1-33-20-9-12-28-23(29-20)27-11-4-2-3-10-26-21(31)17-6-5-13-30(22(17)32)15-16-7-8-18(24)19(25)14-16/h5-9,12-14H,2-4,10-11,15H2,1H3,(H,26,31)(H,27,28,29). The lowest BCUT2D eigenvalue weighted by Gasteiger charge is -2.10. The summed E-state index contributed by atoms with van der Waals surface area (Å²) in [5.74, 6) is 0.641. The molecule has 0 aliphatic rings. The Morgan fingerprint density at radius 1 is 1.09 bits per heavy atom. The molecular formula is C23H25Cl2N5O3. The molecule has 10 heteroatoms. The number of carbonyl (C=O) groups is 1. The van der Waals surface area contributed by atoms with E-state index in [9.17, 15) is 9.59 Å². The highest BCUT2D eigenvalue weighted by atomic mass is 35.5. The lowest BCUT2D eigenvalue weighted by Crippen LogP contribution is -2.33. The molecule has 3 aromatic rings. The number of carbonyl (C=O) groups excluding carboxylic acids is 1. The molecule has 2 N–H and O–H groups in total. The van der Waals surface area contributed by atoms with Gasteiger partial charge in [0.05, 0.1) is 23.7 Å². The number of hydrogen-bond donors (Lipinski definition) is 2. The van der Waals surface area contributed by atoms with Gasteiger partial charge in [0.2, 0.25) is 11.8 Å². The van der Waals surface area contributed by atoms with Crippen LogP contribution in [0, 0.1) is 0 Å². The number of amides is 1. The van der Waals surface area contributed by atoms with Gasteiger partial charge in [-0.15, -0.1) is 0 Å². The lowest BCUT2D eigenvalue weighted by atomic mass is 10.2. The summed E-state index contributed by atoms with van der Waals surface area (Å²) in [5.41, 5.74) is 0.565. The molecule has 0 fully saturated rings. The maximum absolute atomic E-state index is 12.7. The van der Waals surface area contributed by atoms with Crippen LogP contribution in [-0.2, 0) is 6.54 Å². The van der Waals surface area contributed by atoms with E-state index >= 15 is 0 Å². The number of methoxy groups -OCH3 is 1. The smallest absolute Gasteiger partial charge is 0.263 e. The predicted octanol–water partition coefficient (Wildman–Crippen LogP) is 4.01. The van der Waals surface area contributed by atoms with Crippen LogP contribution in [0.4, 0.5) is 5.95 Å². The van der Waals surface area contributed by atoms with E-state index in [1.54, 1.807) is 49.8 Å². The summed E-state index contributed by atoms with van der Waals surface area (Å²) in [7, 11) is 1.56. The van der Waals surface area contributed by atoms with Crippen molar-refractivity contribution in [3.63, 3.8) is 0 Å². The Labute approximate surface area is 201 Å². The fourth-order valence-electron chi connectivity index (χ4n) is 3.13. The predicted molar refractivity (Wildman–Crippen MR) is 130 cm³/mol. The van der Waals surface area contributed by atoms with Gasteiger partial charge in [-0.2, -0.15) is 4.98 Å². The van der Waals surface area contributed by atoms with Gasteiger partial charge in [0.25, 0.3) is 11.5 Å². The fraction of sp³-hybridized carbons (Fsp3) is 0.304. The number of benzene rings is 1. The number of nitrogens with zero attached hydrogens (tertiary/aromatic N) is 3. The maximum Gasteiger partial charge on any atom is 0.263 e. The average Bonchev–Trinajstić information content (AvgIpc) is 2.82. The maximum atomic E-state index is 12.7. The van der Waals surface area contributed by atoms with E-state index in [1.807, 2.05) is 0 Å². The highest BCUT2D eigenvalue weighted by Crippen LogP contribution is 2.22. The first-order valence-electron chi connectivity index (χ1n) is 10.5. The average molecular weight is 490 g/mol. The van der Waals surface area contributed by atoms with E-state index in [-0.39, 0.29) is 17.0 Å². The van der Waals surface area contributed by atoms with Crippen LogP contribution in [0.3, 0.4) is 0 Å². The zero-order valence-corrected chi connectivity index (χ0v) is 19.7. The summed E-state index contributed by atoms with van der Waals surface area (Å²) < 4.78 is 6.54. The molecule has 1 aromatic carbocycles. The van der Waals surface area contributed by atoms with E-state index in [1.165, 1.54) is 10.6 Å². The minimum atomic E-state index is -0.383. The molecule has 3 rings (SSSR count). The molecule has 0 radical (unpaired) electrons. The van der Waals surface area contributed by atoms with E-state index in [4.69, 9.17) is 27.9 Å². The molecule has 0 aliphatic heterocycles. The van der Waals surface area contributed by atoms with Crippen molar-refractivity contribution in [3.8, 4) is 5.88 Å². The van der Waals surface area contributed by atoms with Gasteiger partial charge in [0.1, 0.15) is 5.56 Å². The van der Waals surface area contributed by atoms with Gasteiger partial charge in [-0.1, -0.05) is 29.3 Å². The Morgan fingerprint density at radius 2 is 1.91 bits per heavy atom. The van der Waals surface area contributed by atoms with Gasteiger partial charge < -0.3 is 19.9 Å². The molecule has 33 heavy (non-hydrogen) atoms. The van der Waals surface area contributed by atoms with Crippen LogP contribution in [0.5, 0.6) is 5.88 Å². The molecule has 0 spiro atoms. The van der Waals surface area contributed by atoms with Gasteiger partial charge in [-0.25, -0.2) is 4.98 Å². The van der Waals surface area contributed by atoms with Crippen molar-refractivity contribution in [1.82, 2.24) is 19.9 Å². The first-order valence-corrected chi connectivity index (χ1v) is 11.3. The quantitative estimate of drug-likeness (QED) is 0.394. The SMILES string of the molecule is COc1ccnc(NCCCCCNC(=O)c2cccn(Cc3ccc(Cl)c(Cl)c3)c2=O)n1. The molecular weight excluding hydrogens is 465 g/mol. The van der Waals surface area contributed by atoms with Crippen molar-refractivity contribution in [2.45, 2.75) is 25.8 Å². The molecule has 2 aromatic heterocycles. The second-order valence-electron chi connectivity index (χ2n) is 7.27. The summed E-state index contributed by atoms with van der Waals surface area (Å²) in [4.78, 5) is 33.5. The molecule has 0 saturated heterocycles. The summed E-state index contributed by atoms with van der Waals surface area (Å²) in [6, 6.07) is 10.1. The van der Waals surface area contributed by atoms with E-state index in [0.717, 1.165) is 24.8 Å². The van der Waals surface area contributed by atoms with Crippen LogP contribution in [-0.4, -0.2) is 40.6 Å². The number of hydrogen-bond acceptors (Lipinski definition) is 6. The Morgan fingerprint density at radius 3 is 2.70 bits per heavy atom. The monoisotopic (exact) mass is 489 g/mol. The number of rotatable bonds is 11. The van der Waals surface area contributed by atoms with Crippen molar-refractivity contribution in [2.75, 3.05) is 25.5 Å². The van der Waals surface area contributed by atoms with Gasteiger partial charge in [0.15, 0.2) is 0 Å². The first kappa shape index (κ1) is 24.5. The molecule has 2 heterocycles. The molecule has 174 valence electrons. The normalized spacial score (nSPS) is 10.6. The first-order chi connectivity index (χ1) is 16.0. The van der Waals surface area contributed by atoms with E-state index in [2.05, 4.69) is 20.6 Å². The number of ether oxygens (including phenoxy) is 1. The minimum Gasteiger partial charge on any atom is -0.481 e. The zero-order chi connectivity index (χ0) is 23.6. The largest absolute Gasteiger partial charge is 0.481 e. The van der Waals surface area contributed by atoms with E-state index < -0.39 is 0 Å². The van der Waals surface area contributed by atoms with Crippen molar-refractivity contribution in [1.29, 1.82) is 0 Å². The number of pyridine rings is 1. The number of halogens is 2. The molecule has 8 nitrogen and oxygen atoms in total. The molecule has 1 amide bonds. The third-order valence-corrected chi connectivity index (χ3v) is 5.60. The van der Waals surface area contributed by atoms with Gasteiger partial charge >= 0.3 is 0 Å². The Balaban J connectivity index is 1.43. The van der Waals surface area contributed by atoms with Gasteiger partial charge in [-0.05, 0) is 49.1 Å². The van der Waals surface area contributed by atoms with Crippen LogP contribution < -0.4 is 20.9 Å². The number of anilines is 1. The second kappa shape index (κ2) is 12.2. The Bertz CT molecular complexity index is 1150. The van der Waals surface area contributed by atoms with Gasteiger partial charge in [-0.3, -0.25) is 9.59 Å². The van der Waals surface area contributed by atoms with Crippen LogP contribution in [0.1, 0.15) is 35.2 Å².